The first kappa shape index (κ1) is 59.7. The average molecular weight is 1240 g/mol. The third-order valence-corrected chi connectivity index (χ3v) is 21.0. The van der Waals surface area contributed by atoms with Gasteiger partial charge in [-0.15, -0.1) is 0 Å². The zero-order valence-corrected chi connectivity index (χ0v) is 51.6. The number of phenolic OH excluding ortho intramolecular Hbond substituents is 2. The first-order valence-corrected chi connectivity index (χ1v) is 30.4. The van der Waals surface area contributed by atoms with E-state index < -0.39 is 83.8 Å². The molecule has 2 saturated heterocycles. The number of hydrogen-bond donors (Lipinski definition) is 5. The van der Waals surface area contributed by atoms with Crippen LogP contribution in [0, 0.1) is 32.1 Å². The molecule has 23 nitrogen and oxygen atoms in total. The van der Waals surface area contributed by atoms with Gasteiger partial charge in [0, 0.05) is 77.3 Å². The molecule has 4 amide bonds. The molecule has 10 aliphatic rings. The first-order chi connectivity index (χ1) is 43.7. The molecule has 2 fully saturated rings. The van der Waals surface area contributed by atoms with Crippen molar-refractivity contribution >= 4 is 29.4 Å². The summed E-state index contributed by atoms with van der Waals surface area (Å²) in [7, 11) is 8.55. The fourth-order valence-corrected chi connectivity index (χ4v) is 16.9. The lowest BCUT2D eigenvalue weighted by atomic mass is 9.70. The van der Waals surface area contributed by atoms with E-state index in [0.717, 1.165) is 32.7 Å². The van der Waals surface area contributed by atoms with E-state index in [-0.39, 0.29) is 85.0 Å². The fraction of sp³-hybridized carbons (Fsp3) is 0.412. The Morgan fingerprint density at radius 1 is 0.615 bits per heavy atom. The molecule has 15 rings (SSSR count). The van der Waals surface area contributed by atoms with Gasteiger partial charge in [-0.3, -0.25) is 53.4 Å². The Morgan fingerprint density at radius 3 is 1.73 bits per heavy atom. The van der Waals surface area contributed by atoms with Gasteiger partial charge in [-0.1, -0.05) is 36.4 Å². The van der Waals surface area contributed by atoms with Gasteiger partial charge in [0.25, 0.3) is 23.6 Å². The number of ether oxygens (including phenoxy) is 6. The van der Waals surface area contributed by atoms with Crippen molar-refractivity contribution in [1.82, 2.24) is 29.4 Å². The predicted octanol–water partition coefficient (Wildman–Crippen LogP) is 5.55. The van der Waals surface area contributed by atoms with Crippen LogP contribution in [-0.4, -0.2) is 195 Å². The minimum absolute atomic E-state index is 0.00481. The number of aromatic hydroxyl groups is 2. The highest BCUT2D eigenvalue weighted by Crippen LogP contribution is 2.60. The number of methoxy groups -OCH3 is 3. The van der Waals surface area contributed by atoms with Gasteiger partial charge in [0.2, 0.25) is 12.6 Å². The average Bonchev–Trinajstić information content (AvgIpc) is 1.33. The van der Waals surface area contributed by atoms with E-state index in [1.807, 2.05) is 38.9 Å². The quantitative estimate of drug-likeness (QED) is 0.0893. The maximum absolute atomic E-state index is 13.8. The second kappa shape index (κ2) is 21.9. The number of ketones is 1. The molecule has 91 heavy (non-hydrogen) atoms. The molecule has 5 aromatic carbocycles. The number of amides is 4. The molecule has 11 atom stereocenters. The SMILES string of the molecule is COCOc1c(OC)c(C)cc2c1[C@@H]1[C@@H]3Cc4c(O)c(C)c5c(c4[C@H](CN4C(=O)c6ccccc6C4=O)N3[C@@H](C#N)[C@H](C2)N1C)OCO5.COc1c(C)cc2c(c1O)[C@@H]1[C@@H]3CC4=C(C(=O)C(O)=C(C)C4O)[C@H](CN4C(=O)c5ccccc5C4=O)N3[C@@H](O)[C@H](C2)N1C. The van der Waals surface area contributed by atoms with Crippen LogP contribution in [0.25, 0.3) is 0 Å². The number of hydrogen-bond acceptors (Lipinski definition) is 21. The van der Waals surface area contributed by atoms with Crippen LogP contribution in [0.3, 0.4) is 0 Å². The summed E-state index contributed by atoms with van der Waals surface area (Å²) in [6.07, 6.45) is -0.976. The summed E-state index contributed by atoms with van der Waals surface area (Å²) in [5.41, 5.74) is 8.75. The number of Topliss-reactive ketones (excluding diaryl/α,β-unsaturated/α-hetero) is 1. The van der Waals surface area contributed by atoms with Crippen molar-refractivity contribution in [2.45, 2.75) is 120 Å². The van der Waals surface area contributed by atoms with Crippen molar-refractivity contribution in [2.75, 3.05) is 62.1 Å². The number of aryl methyl sites for hydroxylation is 2. The third kappa shape index (κ3) is 8.46. The maximum Gasteiger partial charge on any atom is 0.261 e. The molecule has 5 N–H and O–H groups in total. The zero-order chi connectivity index (χ0) is 64.2. The van der Waals surface area contributed by atoms with Gasteiger partial charge in [0.15, 0.2) is 47.0 Å². The molecule has 0 radical (unpaired) electrons. The molecule has 4 bridgehead atoms. The Balaban J connectivity index is 0.000000159. The maximum atomic E-state index is 13.8. The number of aliphatic hydroxyl groups is 3. The number of carbonyl (C=O) groups excluding carboxylic acids is 5. The van der Waals surface area contributed by atoms with Crippen molar-refractivity contribution in [3.63, 3.8) is 0 Å². The first-order valence-electron chi connectivity index (χ1n) is 30.4. The summed E-state index contributed by atoms with van der Waals surface area (Å²) in [6, 6.07) is 15.1. The van der Waals surface area contributed by atoms with Crippen LogP contribution in [0.1, 0.15) is 123 Å². The van der Waals surface area contributed by atoms with E-state index in [2.05, 4.69) is 21.9 Å². The Labute approximate surface area is 524 Å². The molecular formula is C68H69N7O16. The molecule has 0 spiro atoms. The molecular weight excluding hydrogens is 1170 g/mol. The van der Waals surface area contributed by atoms with Crippen LogP contribution in [0.4, 0.5) is 0 Å². The lowest BCUT2D eigenvalue weighted by Crippen LogP contribution is -2.71. The molecule has 9 aliphatic heterocycles. The van der Waals surface area contributed by atoms with Crippen molar-refractivity contribution in [3.05, 3.63) is 155 Å². The number of benzene rings is 5. The van der Waals surface area contributed by atoms with E-state index in [1.54, 1.807) is 74.6 Å². The molecule has 9 heterocycles. The van der Waals surface area contributed by atoms with Gasteiger partial charge in [0.05, 0.1) is 72.8 Å². The van der Waals surface area contributed by atoms with Gasteiger partial charge in [0.1, 0.15) is 24.1 Å². The molecule has 23 heteroatoms. The second-order valence-electron chi connectivity index (χ2n) is 25.2. The van der Waals surface area contributed by atoms with Gasteiger partial charge < -0.3 is 54.0 Å². The van der Waals surface area contributed by atoms with Crippen LogP contribution >= 0.6 is 0 Å². The van der Waals surface area contributed by atoms with Gasteiger partial charge in [-0.25, -0.2) is 0 Å². The summed E-state index contributed by atoms with van der Waals surface area (Å²) in [5.74, 6) is -0.598. The van der Waals surface area contributed by atoms with Gasteiger partial charge in [-0.2, -0.15) is 5.26 Å². The second-order valence-corrected chi connectivity index (χ2v) is 25.2. The minimum atomic E-state index is -1.27. The minimum Gasteiger partial charge on any atom is -0.507 e. The summed E-state index contributed by atoms with van der Waals surface area (Å²) in [5, 5.41) is 68.3. The third-order valence-electron chi connectivity index (χ3n) is 21.0. The van der Waals surface area contributed by atoms with E-state index in [4.69, 9.17) is 28.4 Å². The largest absolute Gasteiger partial charge is 0.507 e. The Morgan fingerprint density at radius 2 is 1.14 bits per heavy atom. The summed E-state index contributed by atoms with van der Waals surface area (Å²) in [6.45, 7) is 6.75. The fourth-order valence-electron chi connectivity index (χ4n) is 16.9. The molecule has 472 valence electrons. The van der Waals surface area contributed by atoms with Gasteiger partial charge >= 0.3 is 0 Å². The van der Waals surface area contributed by atoms with Crippen LogP contribution in [0.5, 0.6) is 40.2 Å². The molecule has 5 aromatic rings. The zero-order valence-electron chi connectivity index (χ0n) is 51.6. The van der Waals surface area contributed by atoms with Crippen molar-refractivity contribution < 1.29 is 77.9 Å². The summed E-state index contributed by atoms with van der Waals surface area (Å²) >= 11 is 0. The lowest BCUT2D eigenvalue weighted by molar-refractivity contribution is -0.168. The van der Waals surface area contributed by atoms with E-state index >= 15 is 0 Å². The number of fused-ring (bicyclic) bond motifs is 17. The number of nitriles is 1. The highest BCUT2D eigenvalue weighted by atomic mass is 16.7. The van der Waals surface area contributed by atoms with Crippen LogP contribution in [-0.2, 0) is 28.8 Å². The Bertz CT molecular complexity index is 4090. The van der Waals surface area contributed by atoms with Crippen LogP contribution in [0.15, 0.2) is 83.1 Å². The number of aliphatic hydroxyl groups excluding tert-OH is 3. The Hall–Kier alpha value is -8.86. The highest BCUT2D eigenvalue weighted by Gasteiger charge is 2.60. The molecule has 1 aliphatic carbocycles. The van der Waals surface area contributed by atoms with Crippen LogP contribution < -0.4 is 23.7 Å². The van der Waals surface area contributed by atoms with E-state index in [0.29, 0.717) is 87.0 Å². The topological polar surface area (TPSA) is 285 Å². The van der Waals surface area contributed by atoms with E-state index in [1.165, 1.54) is 18.9 Å². The highest BCUT2D eigenvalue weighted by molar-refractivity contribution is 6.22. The summed E-state index contributed by atoms with van der Waals surface area (Å²) < 4.78 is 34.9. The monoisotopic (exact) mass is 1240 g/mol. The smallest absolute Gasteiger partial charge is 0.261 e. The number of rotatable bonds is 9. The number of allylic oxidation sites excluding steroid dienone is 1. The van der Waals surface area contributed by atoms with Crippen LogP contribution in [0.2, 0.25) is 0 Å². The Kier molecular flexibility index (Phi) is 14.4. The number of nitrogens with zero attached hydrogens (tertiary/aromatic N) is 7. The normalized spacial score (nSPS) is 27.7. The predicted molar refractivity (Wildman–Crippen MR) is 323 cm³/mol. The number of imide groups is 2. The number of phenols is 2. The van der Waals surface area contributed by atoms with Crippen molar-refractivity contribution in [2.24, 2.45) is 0 Å². The number of likely N-dealkylation sites (N-methyl/N-ethyl adjacent to an activating group) is 2. The molecule has 0 saturated carbocycles. The molecule has 0 aromatic heterocycles. The standard InChI is InChI=1S/C36H36N4O8.C32H33N3O8/c1-17-10-19-11-23-25(13-37)40-24(29(38(23)3)27(19)33(31(17)45-5)46-15-44-4)12-22-28(34-32(47-16-48-34)18(2)30(22)41)26(40)14-39-35(42)20-8-6-7-9-21(20)36(39)43;1-13-9-15-10-20-32(42)35-19(24(33(20)3)22(15)28(39)29(13)43-4)11-18-23(27(38)26(37)14(2)25(18)36)21(35)12-34-30(40)16-7-5-6-8-17(16)31(34)41/h6-10,23-26,29,41H,11-12,14-16H2,1-5H3;5-9,19-21,24-25,32,36-37,39,42H,10-12H2,1-4H3/t23-,24-,25-,26-,29-;19-,20-,21-,24-,25?,32-/m00/s1. The summed E-state index contributed by atoms with van der Waals surface area (Å²) in [4.78, 5) is 78.7. The number of carbonyl (C=O) groups is 5. The number of piperazine rings is 2. The van der Waals surface area contributed by atoms with Gasteiger partial charge in [-0.05, 0) is 120 Å². The molecule has 1 unspecified atom stereocenters. The van der Waals surface area contributed by atoms with E-state index in [9.17, 15) is 54.8 Å². The lowest BCUT2D eigenvalue weighted by Gasteiger charge is -2.60. The van der Waals surface area contributed by atoms with Crippen molar-refractivity contribution in [1.29, 1.82) is 5.26 Å². The van der Waals surface area contributed by atoms with Crippen molar-refractivity contribution in [3.8, 4) is 46.3 Å².